The van der Waals surface area contributed by atoms with Gasteiger partial charge in [0.05, 0.1) is 12.2 Å². The minimum absolute atomic E-state index is 0.266. The minimum atomic E-state index is -3.53. The van der Waals surface area contributed by atoms with Crippen molar-refractivity contribution >= 4 is 22.0 Å². The highest BCUT2D eigenvalue weighted by atomic mass is 32.2. The molecule has 5 nitrogen and oxygen atoms in total. The van der Waals surface area contributed by atoms with Crippen LogP contribution in [0.4, 0.5) is 5.69 Å². The van der Waals surface area contributed by atoms with E-state index in [2.05, 4.69) is 22.4 Å². The average molecular weight is 327 g/mol. The summed E-state index contributed by atoms with van der Waals surface area (Å²) in [6, 6.07) is 13.0. The van der Waals surface area contributed by atoms with Gasteiger partial charge in [-0.3, -0.25) is 4.31 Å². The van der Waals surface area contributed by atoms with Crippen molar-refractivity contribution in [1.29, 1.82) is 0 Å². The Kier molecular flexibility index (Phi) is 3.43. The van der Waals surface area contributed by atoms with E-state index in [1.165, 1.54) is 21.8 Å². The first-order valence-electron chi connectivity index (χ1n) is 7.61. The van der Waals surface area contributed by atoms with Gasteiger partial charge in [-0.25, -0.2) is 13.4 Å². The van der Waals surface area contributed by atoms with Crippen molar-refractivity contribution < 1.29 is 8.42 Å². The van der Waals surface area contributed by atoms with E-state index in [0.717, 1.165) is 25.1 Å². The number of benzene rings is 2. The summed E-state index contributed by atoms with van der Waals surface area (Å²) in [4.78, 5) is 4.53. The van der Waals surface area contributed by atoms with Crippen LogP contribution in [0.5, 0.6) is 0 Å². The minimum Gasteiger partial charge on any atom is -0.312 e. The summed E-state index contributed by atoms with van der Waals surface area (Å²) in [5, 5.41) is 3.34. The molecule has 0 spiro atoms. The topological polar surface area (TPSA) is 61.8 Å². The van der Waals surface area contributed by atoms with E-state index in [4.69, 9.17) is 0 Å². The number of hydrogen-bond acceptors (Lipinski definition) is 4. The molecule has 0 saturated heterocycles. The fourth-order valence-electron chi connectivity index (χ4n) is 3.03. The molecule has 0 fully saturated rings. The van der Waals surface area contributed by atoms with Crippen molar-refractivity contribution in [3.05, 3.63) is 59.2 Å². The molecule has 2 aliphatic heterocycles. The molecule has 2 heterocycles. The van der Waals surface area contributed by atoms with Crippen molar-refractivity contribution in [3.63, 3.8) is 0 Å². The zero-order valence-corrected chi connectivity index (χ0v) is 13.4. The summed E-state index contributed by atoms with van der Waals surface area (Å²) in [6.45, 7) is 2.14. The molecule has 6 heteroatoms. The van der Waals surface area contributed by atoms with Crippen molar-refractivity contribution in [2.75, 3.05) is 6.54 Å². The van der Waals surface area contributed by atoms with Crippen LogP contribution in [0.15, 0.2) is 52.4 Å². The summed E-state index contributed by atoms with van der Waals surface area (Å²) in [7, 11) is -3.53. The molecule has 4 rings (SSSR count). The molecular formula is C17H17N3O2S. The van der Waals surface area contributed by atoms with Crippen LogP contribution < -0.4 is 5.32 Å². The van der Waals surface area contributed by atoms with Crippen LogP contribution in [0, 0.1) is 0 Å². The Balaban J connectivity index is 1.65. The van der Waals surface area contributed by atoms with Crippen LogP contribution in [-0.2, 0) is 29.5 Å². The largest absolute Gasteiger partial charge is 0.312 e. The van der Waals surface area contributed by atoms with Crippen LogP contribution in [0.1, 0.15) is 16.7 Å². The molecule has 2 aromatic rings. The monoisotopic (exact) mass is 327 g/mol. The van der Waals surface area contributed by atoms with Gasteiger partial charge in [0.25, 0.3) is 10.0 Å². The molecule has 0 amide bonds. The van der Waals surface area contributed by atoms with E-state index in [1.807, 2.05) is 6.07 Å². The Labute approximate surface area is 135 Å². The van der Waals surface area contributed by atoms with Gasteiger partial charge in [0.1, 0.15) is 11.2 Å². The van der Waals surface area contributed by atoms with Gasteiger partial charge >= 0.3 is 0 Å². The van der Waals surface area contributed by atoms with E-state index < -0.39 is 10.0 Å². The molecular weight excluding hydrogens is 310 g/mol. The maximum absolute atomic E-state index is 12.7. The van der Waals surface area contributed by atoms with Gasteiger partial charge in [-0.15, -0.1) is 0 Å². The first kappa shape index (κ1) is 14.4. The predicted octanol–water partition coefficient (Wildman–Crippen LogP) is 2.20. The van der Waals surface area contributed by atoms with E-state index in [-0.39, 0.29) is 4.90 Å². The number of rotatable bonds is 2. The fraction of sp³-hybridized carbons (Fsp3) is 0.235. The van der Waals surface area contributed by atoms with Crippen LogP contribution in [0.3, 0.4) is 0 Å². The zero-order chi connectivity index (χ0) is 15.9. The molecule has 2 aromatic carbocycles. The zero-order valence-electron chi connectivity index (χ0n) is 12.6. The lowest BCUT2D eigenvalue weighted by molar-refractivity contribution is 0.521. The second kappa shape index (κ2) is 5.47. The molecule has 2 aliphatic rings. The molecule has 0 radical (unpaired) electrons. The molecule has 118 valence electrons. The average Bonchev–Trinajstić information content (AvgIpc) is 2.58. The quantitative estimate of drug-likeness (QED) is 0.920. The summed E-state index contributed by atoms with van der Waals surface area (Å²) in [6.07, 6.45) is 2.43. The number of hydrogen-bond donors (Lipinski definition) is 1. The Bertz CT molecular complexity index is 890. The van der Waals surface area contributed by atoms with Gasteiger partial charge in [-0.2, -0.15) is 0 Å². The summed E-state index contributed by atoms with van der Waals surface area (Å²) < 4.78 is 26.8. The molecule has 0 aromatic heterocycles. The molecule has 1 N–H and O–H groups in total. The van der Waals surface area contributed by atoms with E-state index >= 15 is 0 Å². The van der Waals surface area contributed by atoms with Gasteiger partial charge in [-0.05, 0) is 41.8 Å². The van der Waals surface area contributed by atoms with Gasteiger partial charge in [0.2, 0.25) is 0 Å². The maximum atomic E-state index is 12.7. The Hall–Kier alpha value is -2.18. The SMILES string of the molecule is O=S1(=O)c2ccccc2N=CN1Cc1ccc2c(c1)CNCC2. The fourth-order valence-corrected chi connectivity index (χ4v) is 4.41. The molecule has 0 saturated carbocycles. The molecule has 0 unspecified atom stereocenters. The predicted molar refractivity (Wildman–Crippen MR) is 89.2 cm³/mol. The van der Waals surface area contributed by atoms with Gasteiger partial charge in [-0.1, -0.05) is 30.3 Å². The van der Waals surface area contributed by atoms with Crippen molar-refractivity contribution in [2.24, 2.45) is 4.99 Å². The van der Waals surface area contributed by atoms with Crippen LogP contribution in [0.25, 0.3) is 0 Å². The second-order valence-electron chi connectivity index (χ2n) is 5.79. The summed E-state index contributed by atoms with van der Waals surface area (Å²) in [5.41, 5.74) is 4.06. The number of nitrogens with one attached hydrogen (secondary N) is 1. The highest BCUT2D eigenvalue weighted by Crippen LogP contribution is 2.30. The normalized spacial score (nSPS) is 18.3. The summed E-state index contributed by atoms with van der Waals surface area (Å²) in [5.74, 6) is 0. The lowest BCUT2D eigenvalue weighted by Crippen LogP contribution is -2.31. The maximum Gasteiger partial charge on any atom is 0.267 e. The highest BCUT2D eigenvalue weighted by Gasteiger charge is 2.28. The number of para-hydroxylation sites is 1. The van der Waals surface area contributed by atoms with Crippen LogP contribution in [0.2, 0.25) is 0 Å². The van der Waals surface area contributed by atoms with E-state index in [0.29, 0.717) is 12.2 Å². The molecule has 0 atom stereocenters. The van der Waals surface area contributed by atoms with E-state index in [9.17, 15) is 8.42 Å². The van der Waals surface area contributed by atoms with E-state index in [1.54, 1.807) is 24.3 Å². The molecule has 0 aliphatic carbocycles. The Morgan fingerprint density at radius 3 is 2.91 bits per heavy atom. The highest BCUT2D eigenvalue weighted by molar-refractivity contribution is 7.89. The first-order valence-corrected chi connectivity index (χ1v) is 9.05. The lowest BCUT2D eigenvalue weighted by atomic mass is 9.98. The molecule has 0 bridgehead atoms. The number of fused-ring (bicyclic) bond motifs is 2. The van der Waals surface area contributed by atoms with Crippen molar-refractivity contribution in [3.8, 4) is 0 Å². The third-order valence-corrected chi connectivity index (χ3v) is 6.02. The first-order chi connectivity index (χ1) is 11.1. The van der Waals surface area contributed by atoms with Gasteiger partial charge < -0.3 is 5.32 Å². The van der Waals surface area contributed by atoms with Crippen LogP contribution >= 0.6 is 0 Å². The Morgan fingerprint density at radius 2 is 2.00 bits per heavy atom. The van der Waals surface area contributed by atoms with Crippen LogP contribution in [-0.4, -0.2) is 25.6 Å². The van der Waals surface area contributed by atoms with Crippen molar-refractivity contribution in [2.45, 2.75) is 24.4 Å². The van der Waals surface area contributed by atoms with Gasteiger partial charge in [0.15, 0.2) is 0 Å². The smallest absolute Gasteiger partial charge is 0.267 e. The summed E-state index contributed by atoms with van der Waals surface area (Å²) >= 11 is 0. The van der Waals surface area contributed by atoms with Crippen molar-refractivity contribution in [1.82, 2.24) is 9.62 Å². The number of aliphatic imine (C=N–C) groups is 1. The van der Waals surface area contributed by atoms with Gasteiger partial charge in [0, 0.05) is 6.54 Å². The third kappa shape index (κ3) is 2.54. The Morgan fingerprint density at radius 1 is 1.13 bits per heavy atom. The standard InChI is InChI=1S/C17H17N3O2S/c21-23(22)17-4-2-1-3-16(17)19-12-20(23)11-13-5-6-14-7-8-18-10-15(14)9-13/h1-6,9,12,18H,7-8,10-11H2. The molecule has 23 heavy (non-hydrogen) atoms. The second-order valence-corrected chi connectivity index (χ2v) is 7.65. The third-order valence-electron chi connectivity index (χ3n) is 4.27. The lowest BCUT2D eigenvalue weighted by Gasteiger charge is -2.25. The number of nitrogens with zero attached hydrogens (tertiary/aromatic N) is 2. The number of sulfonamides is 1.